The van der Waals surface area contributed by atoms with Crippen molar-refractivity contribution in [1.29, 1.82) is 0 Å². The van der Waals surface area contributed by atoms with E-state index in [9.17, 15) is 26.4 Å². The number of imidazole rings is 1. The van der Waals surface area contributed by atoms with Gasteiger partial charge >= 0.3 is 6.18 Å². The molecule has 3 aromatic heterocycles. The Kier molecular flexibility index (Phi) is 4.85. The number of hydrogen-bond donors (Lipinski definition) is 2. The molecule has 0 amide bonds. The lowest BCUT2D eigenvalue weighted by atomic mass is 10.2. The average molecular weight is 456 g/mol. The number of halogens is 3. The number of rotatable bonds is 5. The lowest BCUT2D eigenvalue weighted by Gasteiger charge is -2.15. The van der Waals surface area contributed by atoms with E-state index in [0.717, 1.165) is 10.6 Å². The summed E-state index contributed by atoms with van der Waals surface area (Å²) in [5, 5.41) is 0. The Morgan fingerprint density at radius 3 is 2.48 bits per heavy atom. The second-order valence-corrected chi connectivity index (χ2v) is 9.50. The number of hydrogen-bond acceptors (Lipinski definition) is 7. The standard InChI is InChI=1S/C18H19F3N6O3S/c1-3-31(29,30)11-6-7-13(25-22)24-14(11)16-23-10-8-12(18(19,20)21)27(9-4-5-9)17(28)15(10)26(16)2/h6-9H,3-5,22H2,1-2H3,(H,24,25). The van der Waals surface area contributed by atoms with Crippen LogP contribution in [0.3, 0.4) is 0 Å². The summed E-state index contributed by atoms with van der Waals surface area (Å²) in [6.07, 6.45) is -3.79. The number of alkyl halides is 3. The third kappa shape index (κ3) is 3.47. The van der Waals surface area contributed by atoms with Gasteiger partial charge in [-0.2, -0.15) is 13.2 Å². The van der Waals surface area contributed by atoms with Gasteiger partial charge in [-0.25, -0.2) is 24.2 Å². The van der Waals surface area contributed by atoms with Crippen LogP contribution in [0.4, 0.5) is 19.0 Å². The minimum atomic E-state index is -4.74. The molecule has 1 aliphatic rings. The molecule has 1 saturated carbocycles. The van der Waals surface area contributed by atoms with Crippen molar-refractivity contribution < 1.29 is 21.6 Å². The van der Waals surface area contributed by atoms with Crippen molar-refractivity contribution in [2.45, 2.75) is 36.9 Å². The lowest BCUT2D eigenvalue weighted by Crippen LogP contribution is -2.28. The summed E-state index contributed by atoms with van der Waals surface area (Å²) >= 11 is 0. The molecule has 0 bridgehead atoms. The molecule has 3 heterocycles. The Hall–Kier alpha value is -2.93. The average Bonchev–Trinajstić information content (AvgIpc) is 3.49. The largest absolute Gasteiger partial charge is 0.431 e. The van der Waals surface area contributed by atoms with Crippen LogP contribution in [0, 0.1) is 0 Å². The number of aryl methyl sites for hydroxylation is 1. The number of pyridine rings is 2. The van der Waals surface area contributed by atoms with Crippen LogP contribution in [-0.4, -0.2) is 33.3 Å². The fourth-order valence-electron chi connectivity index (χ4n) is 3.51. The number of nitrogens with two attached hydrogens (primary N) is 1. The summed E-state index contributed by atoms with van der Waals surface area (Å²) < 4.78 is 68.1. The Balaban J connectivity index is 2.07. The van der Waals surface area contributed by atoms with Gasteiger partial charge in [0.2, 0.25) is 0 Å². The van der Waals surface area contributed by atoms with Crippen LogP contribution in [0.1, 0.15) is 31.5 Å². The van der Waals surface area contributed by atoms with E-state index in [4.69, 9.17) is 5.84 Å². The van der Waals surface area contributed by atoms with Crippen LogP contribution in [-0.2, 0) is 23.1 Å². The Bertz CT molecular complexity index is 1360. The van der Waals surface area contributed by atoms with Crippen molar-refractivity contribution in [1.82, 2.24) is 19.1 Å². The van der Waals surface area contributed by atoms with Gasteiger partial charge in [-0.05, 0) is 31.0 Å². The highest BCUT2D eigenvalue weighted by atomic mass is 32.2. The van der Waals surface area contributed by atoms with Crippen molar-refractivity contribution in [2.75, 3.05) is 11.2 Å². The Morgan fingerprint density at radius 2 is 1.94 bits per heavy atom. The van der Waals surface area contributed by atoms with E-state index in [1.54, 1.807) is 0 Å². The number of nitrogen functional groups attached to an aromatic ring is 1. The van der Waals surface area contributed by atoms with E-state index in [-0.39, 0.29) is 39.0 Å². The normalized spacial score (nSPS) is 14.9. The summed E-state index contributed by atoms with van der Waals surface area (Å²) in [5.74, 6) is 5.23. The van der Waals surface area contributed by atoms with Crippen LogP contribution in [0.25, 0.3) is 22.6 Å². The minimum Gasteiger partial charge on any atom is -0.321 e. The molecule has 0 unspecified atom stereocenters. The number of nitrogens with one attached hydrogen (secondary N) is 1. The first kappa shape index (κ1) is 21.3. The number of nitrogens with zero attached hydrogens (tertiary/aromatic N) is 4. The summed E-state index contributed by atoms with van der Waals surface area (Å²) in [7, 11) is -2.32. The van der Waals surface area contributed by atoms with Gasteiger partial charge < -0.3 is 9.99 Å². The first-order valence-corrected chi connectivity index (χ1v) is 11.0. The molecule has 0 saturated heterocycles. The Morgan fingerprint density at radius 1 is 1.26 bits per heavy atom. The first-order chi connectivity index (χ1) is 14.5. The molecule has 9 nitrogen and oxygen atoms in total. The van der Waals surface area contributed by atoms with Crippen molar-refractivity contribution >= 4 is 26.7 Å². The zero-order chi connectivity index (χ0) is 22.7. The van der Waals surface area contributed by atoms with E-state index in [2.05, 4.69) is 15.4 Å². The maximum Gasteiger partial charge on any atom is 0.431 e. The van der Waals surface area contributed by atoms with E-state index in [0.29, 0.717) is 12.8 Å². The molecule has 0 aromatic carbocycles. The molecule has 0 radical (unpaired) electrons. The summed E-state index contributed by atoms with van der Waals surface area (Å²) in [6.45, 7) is 1.45. The monoisotopic (exact) mass is 456 g/mol. The predicted molar refractivity (Wildman–Crippen MR) is 107 cm³/mol. The van der Waals surface area contributed by atoms with Crippen LogP contribution in [0.15, 0.2) is 27.9 Å². The maximum absolute atomic E-state index is 13.6. The number of anilines is 1. The zero-order valence-corrected chi connectivity index (χ0v) is 17.4. The first-order valence-electron chi connectivity index (χ1n) is 9.39. The molecule has 4 rings (SSSR count). The summed E-state index contributed by atoms with van der Waals surface area (Å²) in [5.41, 5.74) is 0.0193. The van der Waals surface area contributed by atoms with E-state index < -0.39 is 33.3 Å². The molecular formula is C18H19F3N6O3S. The highest BCUT2D eigenvalue weighted by Crippen LogP contribution is 2.40. The topological polar surface area (TPSA) is 125 Å². The molecule has 0 spiro atoms. The SMILES string of the molecule is CCS(=O)(=O)c1ccc(NN)nc1-c1nc2cc(C(F)(F)F)n(C3CC3)c(=O)c2n1C. The van der Waals surface area contributed by atoms with Gasteiger partial charge in [0.05, 0.1) is 16.2 Å². The highest BCUT2D eigenvalue weighted by molar-refractivity contribution is 7.91. The molecule has 1 fully saturated rings. The second-order valence-electron chi connectivity index (χ2n) is 7.25. The zero-order valence-electron chi connectivity index (χ0n) is 16.6. The van der Waals surface area contributed by atoms with E-state index in [1.807, 2.05) is 0 Å². The lowest BCUT2D eigenvalue weighted by molar-refractivity contribution is -0.144. The maximum atomic E-state index is 13.6. The minimum absolute atomic E-state index is 0.0575. The third-order valence-corrected chi connectivity index (χ3v) is 6.97. The molecule has 13 heteroatoms. The second kappa shape index (κ2) is 7.05. The van der Waals surface area contributed by atoms with Crippen molar-refractivity contribution in [3.63, 3.8) is 0 Å². The third-order valence-electron chi connectivity index (χ3n) is 5.21. The molecule has 3 N–H and O–H groups in total. The number of fused-ring (bicyclic) bond motifs is 1. The van der Waals surface area contributed by atoms with Gasteiger partial charge in [-0.15, -0.1) is 0 Å². The molecule has 166 valence electrons. The van der Waals surface area contributed by atoms with Gasteiger partial charge in [-0.1, -0.05) is 6.92 Å². The predicted octanol–water partition coefficient (Wildman–Crippen LogP) is 2.23. The van der Waals surface area contributed by atoms with Crippen LogP contribution in [0.2, 0.25) is 0 Å². The van der Waals surface area contributed by atoms with Gasteiger partial charge in [0, 0.05) is 13.1 Å². The molecule has 0 atom stereocenters. The molecule has 3 aromatic rings. The number of sulfone groups is 1. The van der Waals surface area contributed by atoms with Crippen molar-refractivity contribution in [3.8, 4) is 11.5 Å². The number of aromatic nitrogens is 4. The quantitative estimate of drug-likeness (QED) is 0.446. The van der Waals surface area contributed by atoms with Gasteiger partial charge in [0.25, 0.3) is 5.56 Å². The summed E-state index contributed by atoms with van der Waals surface area (Å²) in [4.78, 5) is 21.2. The fourth-order valence-corrected chi connectivity index (χ4v) is 4.53. The smallest absolute Gasteiger partial charge is 0.321 e. The van der Waals surface area contributed by atoms with Crippen LogP contribution in [0.5, 0.6) is 0 Å². The highest BCUT2D eigenvalue weighted by Gasteiger charge is 2.40. The van der Waals surface area contributed by atoms with Crippen molar-refractivity contribution in [2.24, 2.45) is 12.9 Å². The van der Waals surface area contributed by atoms with Crippen molar-refractivity contribution in [3.05, 3.63) is 34.2 Å². The van der Waals surface area contributed by atoms with Crippen LogP contribution < -0.4 is 16.8 Å². The van der Waals surface area contributed by atoms with Gasteiger partial charge in [-0.3, -0.25) is 9.36 Å². The van der Waals surface area contributed by atoms with Crippen LogP contribution >= 0.6 is 0 Å². The Labute approximate surface area is 174 Å². The molecule has 31 heavy (non-hydrogen) atoms. The molecular weight excluding hydrogens is 437 g/mol. The fraction of sp³-hybridized carbons (Fsp3) is 0.389. The van der Waals surface area contributed by atoms with Gasteiger partial charge in [0.1, 0.15) is 22.7 Å². The molecule has 1 aliphatic carbocycles. The van der Waals surface area contributed by atoms with E-state index >= 15 is 0 Å². The number of hydrazine groups is 1. The summed E-state index contributed by atoms with van der Waals surface area (Å²) in [6, 6.07) is 2.94. The van der Waals surface area contributed by atoms with Gasteiger partial charge in [0.15, 0.2) is 15.7 Å². The molecule has 0 aliphatic heterocycles. The van der Waals surface area contributed by atoms with E-state index in [1.165, 1.54) is 30.7 Å².